The highest BCUT2D eigenvalue weighted by molar-refractivity contribution is 7.15. The van der Waals surface area contributed by atoms with Crippen LogP contribution in [-0.2, 0) is 4.79 Å². The lowest BCUT2D eigenvalue weighted by atomic mass is 10.0. The van der Waals surface area contributed by atoms with Gasteiger partial charge in [0.15, 0.2) is 5.13 Å². The summed E-state index contributed by atoms with van der Waals surface area (Å²) >= 11 is 1.54. The number of nitrogens with one attached hydrogen (secondary N) is 2. The van der Waals surface area contributed by atoms with Gasteiger partial charge in [-0.15, -0.1) is 11.3 Å². The Morgan fingerprint density at radius 2 is 2.15 bits per heavy atom. The van der Waals surface area contributed by atoms with Crippen LogP contribution in [-0.4, -0.2) is 45.0 Å². The zero-order valence-corrected chi connectivity index (χ0v) is 15.8. The van der Waals surface area contributed by atoms with Crippen molar-refractivity contribution in [2.24, 2.45) is 0 Å². The normalized spacial score (nSPS) is 13.9. The molecule has 0 unspecified atom stereocenters. The zero-order valence-electron chi connectivity index (χ0n) is 14.9. The Bertz CT molecular complexity index is 847. The van der Waals surface area contributed by atoms with Gasteiger partial charge in [0.25, 0.3) is 5.91 Å². The van der Waals surface area contributed by atoms with Crippen LogP contribution in [0.15, 0.2) is 36.2 Å². The molecule has 3 heterocycles. The lowest BCUT2D eigenvalue weighted by Gasteiger charge is -2.26. The highest BCUT2D eigenvalue weighted by Gasteiger charge is 2.19. The smallest absolute Gasteiger partial charge is 0.255 e. The Balaban J connectivity index is 1.55. The van der Waals surface area contributed by atoms with Crippen molar-refractivity contribution in [3.8, 4) is 0 Å². The Morgan fingerprint density at radius 1 is 1.30 bits per heavy atom. The van der Waals surface area contributed by atoms with Gasteiger partial charge in [-0.2, -0.15) is 0 Å². The molecule has 8 nitrogen and oxygen atoms in total. The van der Waals surface area contributed by atoms with Gasteiger partial charge in [0, 0.05) is 36.8 Å². The van der Waals surface area contributed by atoms with Gasteiger partial charge < -0.3 is 10.2 Å². The number of thiazole rings is 1. The Labute approximate surface area is 160 Å². The standard InChI is InChI=1S/C18H21N5O3S/c1-12-10-20-18(27-12)21-15-4-3-14(11-19-15)17(25)23-8-6-13(7-9-23)2-5-16(24)22-26/h3-4,6,10-11,26H,2,5,7-9H2,1H3,(H,22,24)(H,19,20,21). The summed E-state index contributed by atoms with van der Waals surface area (Å²) in [6.07, 6.45) is 6.89. The number of hydroxylamine groups is 1. The molecule has 1 aliphatic rings. The van der Waals surface area contributed by atoms with Crippen molar-refractivity contribution in [1.29, 1.82) is 0 Å². The van der Waals surface area contributed by atoms with Gasteiger partial charge >= 0.3 is 0 Å². The molecule has 1 aliphatic heterocycles. The zero-order chi connectivity index (χ0) is 19.2. The van der Waals surface area contributed by atoms with Crippen LogP contribution >= 0.6 is 11.3 Å². The van der Waals surface area contributed by atoms with Gasteiger partial charge in [-0.1, -0.05) is 11.6 Å². The summed E-state index contributed by atoms with van der Waals surface area (Å²) in [6.45, 7) is 3.09. The summed E-state index contributed by atoms with van der Waals surface area (Å²) in [5.41, 5.74) is 3.29. The summed E-state index contributed by atoms with van der Waals surface area (Å²) in [5.74, 6) is 0.175. The molecule has 27 heavy (non-hydrogen) atoms. The number of carbonyl (C=O) groups excluding carboxylic acids is 2. The first-order valence-electron chi connectivity index (χ1n) is 8.61. The first-order valence-corrected chi connectivity index (χ1v) is 9.42. The van der Waals surface area contributed by atoms with Gasteiger partial charge in [-0.3, -0.25) is 14.8 Å². The van der Waals surface area contributed by atoms with E-state index in [9.17, 15) is 9.59 Å². The van der Waals surface area contributed by atoms with E-state index in [4.69, 9.17) is 5.21 Å². The third-order valence-corrected chi connectivity index (χ3v) is 5.08. The number of aryl methyl sites for hydroxylation is 1. The van der Waals surface area contributed by atoms with Crippen LogP contribution in [0.25, 0.3) is 0 Å². The number of hydrogen-bond donors (Lipinski definition) is 3. The predicted molar refractivity (Wildman–Crippen MR) is 102 cm³/mol. The molecule has 2 aromatic heterocycles. The lowest BCUT2D eigenvalue weighted by molar-refractivity contribution is -0.129. The van der Waals surface area contributed by atoms with Gasteiger partial charge in [-0.05, 0) is 31.9 Å². The number of anilines is 2. The molecule has 0 saturated heterocycles. The number of carbonyl (C=O) groups is 2. The second-order valence-electron chi connectivity index (χ2n) is 6.23. The van der Waals surface area contributed by atoms with Crippen molar-refractivity contribution in [2.45, 2.75) is 26.2 Å². The van der Waals surface area contributed by atoms with Crippen molar-refractivity contribution < 1.29 is 14.8 Å². The first-order chi connectivity index (χ1) is 13.0. The van der Waals surface area contributed by atoms with Crippen LogP contribution in [0.5, 0.6) is 0 Å². The van der Waals surface area contributed by atoms with Crippen molar-refractivity contribution in [3.63, 3.8) is 0 Å². The fourth-order valence-electron chi connectivity index (χ4n) is 2.75. The topological polar surface area (TPSA) is 107 Å². The molecule has 0 fully saturated rings. The predicted octanol–water partition coefficient (Wildman–Crippen LogP) is 2.65. The third-order valence-electron chi connectivity index (χ3n) is 4.25. The Morgan fingerprint density at radius 3 is 2.74 bits per heavy atom. The molecule has 3 N–H and O–H groups in total. The van der Waals surface area contributed by atoms with Crippen LogP contribution in [0.4, 0.5) is 10.9 Å². The molecule has 0 saturated carbocycles. The molecule has 0 bridgehead atoms. The molecular formula is C18H21N5O3S. The maximum Gasteiger partial charge on any atom is 0.255 e. The molecule has 2 aromatic rings. The van der Waals surface area contributed by atoms with E-state index in [1.165, 1.54) is 0 Å². The molecular weight excluding hydrogens is 366 g/mol. The van der Waals surface area contributed by atoms with E-state index in [2.05, 4.69) is 15.3 Å². The third kappa shape index (κ3) is 5.11. The number of pyridine rings is 1. The van der Waals surface area contributed by atoms with E-state index < -0.39 is 5.91 Å². The minimum atomic E-state index is -0.401. The molecule has 3 rings (SSSR count). The highest BCUT2D eigenvalue weighted by Crippen LogP contribution is 2.21. The maximum absolute atomic E-state index is 12.6. The second kappa shape index (κ2) is 8.74. The number of aromatic nitrogens is 2. The van der Waals surface area contributed by atoms with E-state index in [0.717, 1.165) is 22.0 Å². The van der Waals surface area contributed by atoms with Crippen molar-refractivity contribution in [3.05, 3.63) is 46.6 Å². The van der Waals surface area contributed by atoms with Crippen LogP contribution in [0.3, 0.4) is 0 Å². The van der Waals surface area contributed by atoms with E-state index in [1.807, 2.05) is 13.0 Å². The van der Waals surface area contributed by atoms with Crippen LogP contribution < -0.4 is 10.8 Å². The quantitative estimate of drug-likeness (QED) is 0.400. The fourth-order valence-corrected chi connectivity index (χ4v) is 3.42. The Hall–Kier alpha value is -2.78. The average molecular weight is 387 g/mol. The summed E-state index contributed by atoms with van der Waals surface area (Å²) < 4.78 is 0. The minimum absolute atomic E-state index is 0.0671. The summed E-state index contributed by atoms with van der Waals surface area (Å²) in [5, 5.41) is 12.4. The van der Waals surface area contributed by atoms with E-state index >= 15 is 0 Å². The number of rotatable bonds is 6. The fraction of sp³-hybridized carbons (Fsp3) is 0.333. The molecule has 0 aliphatic carbocycles. The van der Waals surface area contributed by atoms with Crippen LogP contribution in [0, 0.1) is 6.92 Å². The van der Waals surface area contributed by atoms with Crippen LogP contribution in [0.2, 0.25) is 0 Å². The lowest BCUT2D eigenvalue weighted by Crippen LogP contribution is -2.35. The molecule has 2 amide bonds. The molecule has 0 radical (unpaired) electrons. The van der Waals surface area contributed by atoms with E-state index in [-0.39, 0.29) is 12.3 Å². The van der Waals surface area contributed by atoms with Gasteiger partial charge in [0.05, 0.1) is 5.56 Å². The van der Waals surface area contributed by atoms with Gasteiger partial charge in [-0.25, -0.2) is 15.4 Å². The minimum Gasteiger partial charge on any atom is -0.335 e. The van der Waals surface area contributed by atoms with Gasteiger partial charge in [0.1, 0.15) is 5.82 Å². The van der Waals surface area contributed by atoms with Crippen molar-refractivity contribution >= 4 is 34.1 Å². The largest absolute Gasteiger partial charge is 0.335 e. The SMILES string of the molecule is Cc1cnc(Nc2ccc(C(=O)N3CC=C(CCC(=O)NO)CC3)cn2)s1. The monoisotopic (exact) mass is 387 g/mol. The number of nitrogens with zero attached hydrogens (tertiary/aromatic N) is 3. The van der Waals surface area contributed by atoms with E-state index in [1.54, 1.807) is 46.2 Å². The van der Waals surface area contributed by atoms with Crippen molar-refractivity contribution in [1.82, 2.24) is 20.3 Å². The van der Waals surface area contributed by atoms with Crippen LogP contribution in [0.1, 0.15) is 34.5 Å². The average Bonchev–Trinajstić information content (AvgIpc) is 3.11. The Kier molecular flexibility index (Phi) is 6.15. The second-order valence-corrected chi connectivity index (χ2v) is 7.47. The molecule has 142 valence electrons. The molecule has 0 aromatic carbocycles. The summed E-state index contributed by atoms with van der Waals surface area (Å²) in [6, 6.07) is 3.52. The summed E-state index contributed by atoms with van der Waals surface area (Å²) in [7, 11) is 0. The number of amides is 2. The summed E-state index contributed by atoms with van der Waals surface area (Å²) in [4.78, 5) is 35.1. The van der Waals surface area contributed by atoms with Gasteiger partial charge in [0.2, 0.25) is 5.91 Å². The van der Waals surface area contributed by atoms with E-state index in [0.29, 0.717) is 30.9 Å². The molecule has 9 heteroatoms. The van der Waals surface area contributed by atoms with Crippen molar-refractivity contribution in [2.75, 3.05) is 18.4 Å². The highest BCUT2D eigenvalue weighted by atomic mass is 32.1. The molecule has 0 atom stereocenters. The first kappa shape index (κ1) is 19.0. The number of hydrogen-bond acceptors (Lipinski definition) is 7. The maximum atomic E-state index is 12.6. The molecule has 0 spiro atoms.